The number of halogens is 1. The second-order valence-corrected chi connectivity index (χ2v) is 6.58. The lowest BCUT2D eigenvalue weighted by Crippen LogP contribution is -2.23. The highest BCUT2D eigenvalue weighted by atomic mass is 79.9. The van der Waals surface area contributed by atoms with Gasteiger partial charge in [-0.2, -0.15) is 0 Å². The van der Waals surface area contributed by atoms with Crippen LogP contribution >= 0.6 is 15.9 Å². The molecule has 0 atom stereocenters. The molecule has 5 heteroatoms. The van der Waals surface area contributed by atoms with E-state index in [1.807, 2.05) is 54.6 Å². The number of hydrogen-bond donors (Lipinski definition) is 2. The van der Waals surface area contributed by atoms with Crippen LogP contribution in [0, 0.1) is 0 Å². The van der Waals surface area contributed by atoms with Crippen molar-refractivity contribution in [1.82, 2.24) is 10.3 Å². The second-order valence-electron chi connectivity index (χ2n) is 5.66. The van der Waals surface area contributed by atoms with E-state index in [1.54, 1.807) is 12.3 Å². The molecule has 0 spiro atoms. The minimum Gasteiger partial charge on any atom is -0.372 e. The fourth-order valence-electron chi connectivity index (χ4n) is 2.49. The molecular weight excluding hydrogens is 380 g/mol. The van der Waals surface area contributed by atoms with Gasteiger partial charge in [-0.05, 0) is 38.7 Å². The van der Waals surface area contributed by atoms with E-state index in [0.717, 1.165) is 21.2 Å². The topological polar surface area (TPSA) is 54.1 Å². The molecule has 3 rings (SSSR count). The van der Waals surface area contributed by atoms with E-state index in [4.69, 9.17) is 4.74 Å². The summed E-state index contributed by atoms with van der Waals surface area (Å²) in [5, 5.41) is 2.93. The first-order valence-corrected chi connectivity index (χ1v) is 8.82. The summed E-state index contributed by atoms with van der Waals surface area (Å²) in [6, 6.07) is 19.8. The van der Waals surface area contributed by atoms with Gasteiger partial charge in [0, 0.05) is 17.2 Å². The average molecular weight is 399 g/mol. The van der Waals surface area contributed by atoms with E-state index in [2.05, 4.69) is 26.2 Å². The molecule has 1 amide bonds. The predicted octanol–water partition coefficient (Wildman–Crippen LogP) is 4.42. The van der Waals surface area contributed by atoms with Crippen molar-refractivity contribution in [3.8, 4) is 0 Å². The fourth-order valence-corrected chi connectivity index (χ4v) is 2.84. The van der Waals surface area contributed by atoms with Crippen molar-refractivity contribution in [3.63, 3.8) is 0 Å². The molecule has 3 aromatic rings. The Morgan fingerprint density at radius 2 is 1.72 bits per heavy atom. The number of ether oxygens (including phenoxy) is 1. The molecular formula is C20H19BrN2O2. The van der Waals surface area contributed by atoms with Crippen molar-refractivity contribution in [3.05, 3.63) is 93.7 Å². The van der Waals surface area contributed by atoms with E-state index in [9.17, 15) is 4.79 Å². The lowest BCUT2D eigenvalue weighted by atomic mass is 10.1. The fraction of sp³-hybridized carbons (Fsp3) is 0.150. The Hall–Kier alpha value is -2.37. The maximum absolute atomic E-state index is 12.1. The van der Waals surface area contributed by atoms with Crippen LogP contribution in [0.2, 0.25) is 0 Å². The van der Waals surface area contributed by atoms with Gasteiger partial charge in [0.1, 0.15) is 5.69 Å². The van der Waals surface area contributed by atoms with Crippen molar-refractivity contribution in [1.29, 1.82) is 0 Å². The molecule has 0 radical (unpaired) electrons. The van der Waals surface area contributed by atoms with Crippen LogP contribution in [0.1, 0.15) is 27.2 Å². The first kappa shape index (κ1) is 17.5. The summed E-state index contributed by atoms with van der Waals surface area (Å²) >= 11 is 3.33. The number of aromatic amines is 1. The zero-order valence-electron chi connectivity index (χ0n) is 13.7. The van der Waals surface area contributed by atoms with Crippen LogP contribution in [-0.2, 0) is 24.5 Å². The van der Waals surface area contributed by atoms with Gasteiger partial charge >= 0.3 is 0 Å². The van der Waals surface area contributed by atoms with Gasteiger partial charge in [0.25, 0.3) is 5.91 Å². The van der Waals surface area contributed by atoms with Crippen molar-refractivity contribution in [2.45, 2.75) is 19.8 Å². The highest BCUT2D eigenvalue weighted by molar-refractivity contribution is 9.10. The summed E-state index contributed by atoms with van der Waals surface area (Å²) in [6.07, 6.45) is 1.74. The molecule has 1 heterocycles. The summed E-state index contributed by atoms with van der Waals surface area (Å²) in [5.74, 6) is -0.134. The monoisotopic (exact) mass is 398 g/mol. The zero-order chi connectivity index (χ0) is 17.5. The van der Waals surface area contributed by atoms with Crippen molar-refractivity contribution >= 4 is 21.8 Å². The van der Waals surface area contributed by atoms with Crippen molar-refractivity contribution < 1.29 is 9.53 Å². The molecule has 0 bridgehead atoms. The molecule has 128 valence electrons. The largest absolute Gasteiger partial charge is 0.372 e. The summed E-state index contributed by atoms with van der Waals surface area (Å²) < 4.78 is 6.67. The van der Waals surface area contributed by atoms with E-state index < -0.39 is 0 Å². The lowest BCUT2D eigenvalue weighted by molar-refractivity contribution is 0.0943. The Morgan fingerprint density at radius 1 is 1.00 bits per heavy atom. The molecule has 0 unspecified atom stereocenters. The van der Waals surface area contributed by atoms with Crippen LogP contribution in [0.15, 0.2) is 71.3 Å². The molecule has 4 nitrogen and oxygen atoms in total. The van der Waals surface area contributed by atoms with Crippen molar-refractivity contribution in [2.75, 3.05) is 0 Å². The number of nitrogens with one attached hydrogen (secondary N) is 2. The highest BCUT2D eigenvalue weighted by Gasteiger charge is 2.09. The highest BCUT2D eigenvalue weighted by Crippen LogP contribution is 2.13. The van der Waals surface area contributed by atoms with Gasteiger partial charge < -0.3 is 15.0 Å². The summed E-state index contributed by atoms with van der Waals surface area (Å²) in [4.78, 5) is 15.1. The zero-order valence-corrected chi connectivity index (χ0v) is 15.3. The van der Waals surface area contributed by atoms with Crippen LogP contribution < -0.4 is 5.32 Å². The molecule has 25 heavy (non-hydrogen) atoms. The number of aromatic nitrogens is 1. The standard InChI is InChI=1S/C20H19BrN2O2/c21-18-10-19(22-12-18)20(24)23-11-16-8-4-5-9-17(16)14-25-13-15-6-2-1-3-7-15/h1-10,12,22H,11,13-14H2,(H,23,24). The number of carbonyl (C=O) groups is 1. The quantitative estimate of drug-likeness (QED) is 0.618. The van der Waals surface area contributed by atoms with Crippen molar-refractivity contribution in [2.24, 2.45) is 0 Å². The van der Waals surface area contributed by atoms with Crippen LogP contribution in [0.25, 0.3) is 0 Å². The number of H-pyrrole nitrogens is 1. The summed E-state index contributed by atoms with van der Waals surface area (Å²) in [6.45, 7) is 1.54. The molecule has 2 N–H and O–H groups in total. The minimum atomic E-state index is -0.134. The van der Waals surface area contributed by atoms with Gasteiger partial charge in [0.2, 0.25) is 0 Å². The van der Waals surface area contributed by atoms with E-state index >= 15 is 0 Å². The Balaban J connectivity index is 1.56. The van der Waals surface area contributed by atoms with Crippen LogP contribution in [-0.4, -0.2) is 10.9 Å². The van der Waals surface area contributed by atoms with E-state index in [1.165, 1.54) is 0 Å². The predicted molar refractivity (Wildman–Crippen MR) is 101 cm³/mol. The normalized spacial score (nSPS) is 10.6. The number of rotatable bonds is 7. The third-order valence-electron chi connectivity index (χ3n) is 3.82. The Labute approximate surface area is 155 Å². The number of hydrogen-bond acceptors (Lipinski definition) is 2. The molecule has 0 fully saturated rings. The maximum atomic E-state index is 12.1. The molecule has 0 saturated heterocycles. The van der Waals surface area contributed by atoms with Crippen LogP contribution in [0.4, 0.5) is 0 Å². The molecule has 0 aliphatic carbocycles. The molecule has 0 aliphatic rings. The number of carbonyl (C=O) groups excluding carboxylic acids is 1. The van der Waals surface area contributed by atoms with Crippen LogP contribution in [0.3, 0.4) is 0 Å². The number of benzene rings is 2. The first-order chi connectivity index (χ1) is 12.2. The Morgan fingerprint density at radius 3 is 2.44 bits per heavy atom. The Kier molecular flexibility index (Phi) is 6.04. The van der Waals surface area contributed by atoms with E-state index in [-0.39, 0.29) is 5.91 Å². The molecule has 0 aliphatic heterocycles. The average Bonchev–Trinajstić information content (AvgIpc) is 3.08. The summed E-state index contributed by atoms with van der Waals surface area (Å²) in [5.41, 5.74) is 3.80. The lowest BCUT2D eigenvalue weighted by Gasteiger charge is -2.11. The van der Waals surface area contributed by atoms with E-state index in [0.29, 0.717) is 25.5 Å². The van der Waals surface area contributed by atoms with Gasteiger partial charge in [-0.3, -0.25) is 4.79 Å². The molecule has 0 saturated carbocycles. The molecule has 1 aromatic heterocycles. The second kappa shape index (κ2) is 8.65. The van der Waals surface area contributed by atoms with Gasteiger partial charge in [-0.1, -0.05) is 54.6 Å². The van der Waals surface area contributed by atoms with Gasteiger partial charge in [-0.15, -0.1) is 0 Å². The summed E-state index contributed by atoms with van der Waals surface area (Å²) in [7, 11) is 0. The SMILES string of the molecule is O=C(NCc1ccccc1COCc1ccccc1)c1cc(Br)c[nH]1. The molecule has 2 aromatic carbocycles. The van der Waals surface area contributed by atoms with Gasteiger partial charge in [0.05, 0.1) is 13.2 Å². The Bertz CT molecular complexity index is 830. The third-order valence-corrected chi connectivity index (χ3v) is 4.28. The number of amides is 1. The van der Waals surface area contributed by atoms with Gasteiger partial charge in [0.15, 0.2) is 0 Å². The smallest absolute Gasteiger partial charge is 0.267 e. The van der Waals surface area contributed by atoms with Gasteiger partial charge in [-0.25, -0.2) is 0 Å². The third kappa shape index (κ3) is 5.05. The minimum absolute atomic E-state index is 0.134. The first-order valence-electron chi connectivity index (χ1n) is 8.03. The maximum Gasteiger partial charge on any atom is 0.267 e. The van der Waals surface area contributed by atoms with Crippen LogP contribution in [0.5, 0.6) is 0 Å².